The zero-order valence-electron chi connectivity index (χ0n) is 18.0. The number of amides is 1. The molecule has 0 unspecified atom stereocenters. The lowest BCUT2D eigenvalue weighted by molar-refractivity contribution is -0.274. The van der Waals surface area contributed by atoms with E-state index < -0.39 is 47.7 Å². The maximum absolute atomic E-state index is 13.2. The Morgan fingerprint density at radius 2 is 1.71 bits per heavy atom. The number of alkyl halides is 3. The molecule has 13 heteroatoms. The van der Waals surface area contributed by atoms with Crippen LogP contribution in [0.2, 0.25) is 0 Å². The van der Waals surface area contributed by atoms with Gasteiger partial charge in [0.2, 0.25) is 5.69 Å². The first-order valence-electron chi connectivity index (χ1n) is 9.91. The molecule has 0 aliphatic heterocycles. The topological polar surface area (TPSA) is 109 Å². The molecule has 0 saturated carbocycles. The van der Waals surface area contributed by atoms with Crippen LogP contribution in [0.3, 0.4) is 0 Å². The molecular weight excluding hydrogens is 478 g/mol. The summed E-state index contributed by atoms with van der Waals surface area (Å²) in [6.07, 6.45) is -4.85. The number of carbonyl (C=O) groups is 2. The van der Waals surface area contributed by atoms with Crippen LogP contribution in [-0.2, 0) is 9.53 Å². The SMILES string of the molecule is CCOC(=O)c1nn(-c2ccc(F)cc2)c(=O)cc1OCC(=O)Nc1ccc(OC(F)(F)F)cc1. The van der Waals surface area contributed by atoms with Gasteiger partial charge in [-0.15, -0.1) is 13.2 Å². The first-order chi connectivity index (χ1) is 16.6. The maximum atomic E-state index is 13.2. The second-order valence-electron chi connectivity index (χ2n) is 6.71. The van der Waals surface area contributed by atoms with E-state index in [1.54, 1.807) is 6.92 Å². The van der Waals surface area contributed by atoms with E-state index in [9.17, 15) is 31.9 Å². The Bertz CT molecular complexity index is 1260. The smallest absolute Gasteiger partial charge is 0.481 e. The maximum Gasteiger partial charge on any atom is 0.573 e. The summed E-state index contributed by atoms with van der Waals surface area (Å²) in [6.45, 7) is 0.867. The van der Waals surface area contributed by atoms with Crippen molar-refractivity contribution in [3.63, 3.8) is 0 Å². The van der Waals surface area contributed by atoms with Gasteiger partial charge in [0.25, 0.3) is 11.5 Å². The highest BCUT2D eigenvalue weighted by Crippen LogP contribution is 2.24. The van der Waals surface area contributed by atoms with E-state index in [1.165, 1.54) is 24.3 Å². The molecule has 0 bridgehead atoms. The molecule has 1 aromatic heterocycles. The van der Waals surface area contributed by atoms with Gasteiger partial charge in [0, 0.05) is 5.69 Å². The number of rotatable bonds is 8. The zero-order chi connectivity index (χ0) is 25.6. The number of nitrogens with one attached hydrogen (secondary N) is 1. The van der Waals surface area contributed by atoms with Crippen LogP contribution in [0.15, 0.2) is 59.4 Å². The molecule has 3 rings (SSSR count). The summed E-state index contributed by atoms with van der Waals surface area (Å²) in [5.74, 6) is -3.03. The third kappa shape index (κ3) is 7.03. The highest BCUT2D eigenvalue weighted by Gasteiger charge is 2.31. The van der Waals surface area contributed by atoms with Gasteiger partial charge in [-0.1, -0.05) is 0 Å². The van der Waals surface area contributed by atoms with Crippen LogP contribution in [0.25, 0.3) is 5.69 Å². The molecule has 1 amide bonds. The van der Waals surface area contributed by atoms with E-state index in [1.807, 2.05) is 0 Å². The number of aromatic nitrogens is 2. The molecular formula is C22H17F4N3O6. The van der Waals surface area contributed by atoms with Gasteiger partial charge in [-0.3, -0.25) is 9.59 Å². The standard InChI is InChI=1S/C22H17F4N3O6/c1-2-33-21(32)20-17(11-19(31)29(28-20)15-7-3-13(23)4-8-15)34-12-18(30)27-14-5-9-16(10-6-14)35-22(24,25)26/h3-11H,2,12H2,1H3,(H,27,30). The average molecular weight is 495 g/mol. The molecule has 0 aliphatic carbocycles. The summed E-state index contributed by atoms with van der Waals surface area (Å²) in [5, 5.41) is 6.31. The molecule has 35 heavy (non-hydrogen) atoms. The fraction of sp³-hybridized carbons (Fsp3) is 0.182. The largest absolute Gasteiger partial charge is 0.573 e. The predicted octanol–water partition coefficient (Wildman–Crippen LogP) is 3.46. The van der Waals surface area contributed by atoms with Gasteiger partial charge in [0.1, 0.15) is 11.6 Å². The number of ether oxygens (including phenoxy) is 3. The minimum atomic E-state index is -4.85. The normalized spacial score (nSPS) is 11.0. The lowest BCUT2D eigenvalue weighted by Gasteiger charge is -2.13. The Balaban J connectivity index is 1.75. The monoisotopic (exact) mass is 495 g/mol. The van der Waals surface area contributed by atoms with Crippen LogP contribution in [0.4, 0.5) is 23.2 Å². The highest BCUT2D eigenvalue weighted by molar-refractivity contribution is 5.93. The Kier molecular flexibility index (Phi) is 7.69. The third-order valence-electron chi connectivity index (χ3n) is 4.17. The summed E-state index contributed by atoms with van der Waals surface area (Å²) in [7, 11) is 0. The zero-order valence-corrected chi connectivity index (χ0v) is 18.0. The minimum absolute atomic E-state index is 0.00976. The van der Waals surface area contributed by atoms with Gasteiger partial charge in [-0.05, 0) is 55.5 Å². The number of benzene rings is 2. The van der Waals surface area contributed by atoms with Crippen molar-refractivity contribution in [2.75, 3.05) is 18.5 Å². The second kappa shape index (κ2) is 10.7. The summed E-state index contributed by atoms with van der Waals surface area (Å²) < 4.78 is 64.7. The Morgan fingerprint density at radius 1 is 1.06 bits per heavy atom. The van der Waals surface area contributed by atoms with E-state index in [4.69, 9.17) is 9.47 Å². The number of esters is 1. The van der Waals surface area contributed by atoms with Crippen LogP contribution in [0.1, 0.15) is 17.4 Å². The Labute approximate surface area is 194 Å². The van der Waals surface area contributed by atoms with E-state index >= 15 is 0 Å². The van der Waals surface area contributed by atoms with Gasteiger partial charge in [0.05, 0.1) is 18.4 Å². The number of carbonyl (C=O) groups excluding carboxylic acids is 2. The average Bonchev–Trinajstić information content (AvgIpc) is 2.79. The molecule has 0 saturated heterocycles. The fourth-order valence-electron chi connectivity index (χ4n) is 2.74. The van der Waals surface area contributed by atoms with Gasteiger partial charge < -0.3 is 19.5 Å². The first-order valence-corrected chi connectivity index (χ1v) is 9.91. The van der Waals surface area contributed by atoms with Crippen LogP contribution >= 0.6 is 0 Å². The quantitative estimate of drug-likeness (QED) is 0.377. The van der Waals surface area contributed by atoms with Gasteiger partial charge in [-0.25, -0.2) is 9.18 Å². The number of hydrogen-bond donors (Lipinski definition) is 1. The van der Waals surface area contributed by atoms with E-state index in [0.717, 1.165) is 35.0 Å². The second-order valence-corrected chi connectivity index (χ2v) is 6.71. The van der Waals surface area contributed by atoms with Crippen LogP contribution in [-0.4, -0.2) is 41.2 Å². The van der Waals surface area contributed by atoms with Crippen molar-refractivity contribution < 1.29 is 41.4 Å². The van der Waals surface area contributed by atoms with E-state index in [-0.39, 0.29) is 23.7 Å². The van der Waals surface area contributed by atoms with Crippen molar-refractivity contribution >= 4 is 17.6 Å². The fourth-order valence-corrected chi connectivity index (χ4v) is 2.74. The van der Waals surface area contributed by atoms with Crippen molar-refractivity contribution in [2.24, 2.45) is 0 Å². The number of anilines is 1. The van der Waals surface area contributed by atoms with E-state index in [0.29, 0.717) is 0 Å². The van der Waals surface area contributed by atoms with Crippen molar-refractivity contribution in [3.8, 4) is 17.2 Å². The Hall–Kier alpha value is -4.42. The number of hydrogen-bond acceptors (Lipinski definition) is 7. The van der Waals surface area contributed by atoms with Crippen molar-refractivity contribution in [1.82, 2.24) is 9.78 Å². The van der Waals surface area contributed by atoms with Crippen LogP contribution in [0.5, 0.6) is 11.5 Å². The lowest BCUT2D eigenvalue weighted by Crippen LogP contribution is -2.27. The molecule has 1 heterocycles. The molecule has 0 aliphatic rings. The molecule has 0 atom stereocenters. The molecule has 0 spiro atoms. The number of nitrogens with zero attached hydrogens (tertiary/aromatic N) is 2. The molecule has 184 valence electrons. The Morgan fingerprint density at radius 3 is 2.31 bits per heavy atom. The van der Waals surface area contributed by atoms with Crippen molar-refractivity contribution in [2.45, 2.75) is 13.3 Å². The molecule has 9 nitrogen and oxygen atoms in total. The van der Waals surface area contributed by atoms with Crippen LogP contribution < -0.4 is 20.3 Å². The molecule has 0 fully saturated rings. The summed E-state index contributed by atoms with van der Waals surface area (Å²) in [5.41, 5.74) is -0.828. The van der Waals surface area contributed by atoms with Crippen molar-refractivity contribution in [3.05, 3.63) is 76.5 Å². The van der Waals surface area contributed by atoms with Gasteiger partial charge in [-0.2, -0.15) is 9.78 Å². The van der Waals surface area contributed by atoms with Gasteiger partial charge >= 0.3 is 12.3 Å². The summed E-state index contributed by atoms with van der Waals surface area (Å²) in [6, 6.07) is 10.0. The molecule has 0 radical (unpaired) electrons. The summed E-state index contributed by atoms with van der Waals surface area (Å²) in [4.78, 5) is 37.1. The molecule has 3 aromatic rings. The van der Waals surface area contributed by atoms with Crippen LogP contribution in [0, 0.1) is 5.82 Å². The molecule has 1 N–H and O–H groups in total. The molecule has 2 aromatic carbocycles. The minimum Gasteiger partial charge on any atom is -0.481 e. The van der Waals surface area contributed by atoms with Gasteiger partial charge in [0.15, 0.2) is 12.4 Å². The van der Waals surface area contributed by atoms with Crippen molar-refractivity contribution in [1.29, 1.82) is 0 Å². The predicted molar refractivity (Wildman–Crippen MR) is 113 cm³/mol. The number of halogens is 4. The first kappa shape index (κ1) is 25.2. The lowest BCUT2D eigenvalue weighted by atomic mass is 10.3. The van der Waals surface area contributed by atoms with E-state index in [2.05, 4.69) is 15.2 Å². The highest BCUT2D eigenvalue weighted by atomic mass is 19.4. The third-order valence-corrected chi connectivity index (χ3v) is 4.17. The summed E-state index contributed by atoms with van der Waals surface area (Å²) >= 11 is 0.